The van der Waals surface area contributed by atoms with Crippen LogP contribution < -0.4 is 5.73 Å². The predicted molar refractivity (Wildman–Crippen MR) is 61.8 cm³/mol. The van der Waals surface area contributed by atoms with Gasteiger partial charge in [0.05, 0.1) is 5.41 Å². The highest BCUT2D eigenvalue weighted by molar-refractivity contribution is 5.81. The number of rotatable bonds is 3. The molecule has 0 radical (unpaired) electrons. The number of hydrogen-bond acceptors (Lipinski definition) is 3. The Kier molecular flexibility index (Phi) is 2.33. The van der Waals surface area contributed by atoms with Gasteiger partial charge in [0.1, 0.15) is 0 Å². The highest BCUT2D eigenvalue weighted by Gasteiger charge is 2.62. The number of hydrogen-bond donors (Lipinski definition) is 2. The maximum Gasteiger partial charge on any atom is 0.223 e. The maximum absolute atomic E-state index is 11.8. The molecule has 4 aliphatic carbocycles. The van der Waals surface area contributed by atoms with Crippen molar-refractivity contribution in [2.75, 3.05) is 7.11 Å². The van der Waals surface area contributed by atoms with Gasteiger partial charge in [-0.1, -0.05) is 0 Å². The van der Waals surface area contributed by atoms with E-state index in [4.69, 9.17) is 10.5 Å². The topological polar surface area (TPSA) is 72.6 Å². The van der Waals surface area contributed by atoms with Gasteiger partial charge in [-0.15, -0.1) is 0 Å². The molecule has 0 aliphatic heterocycles. The van der Waals surface area contributed by atoms with E-state index in [1.807, 2.05) is 0 Å². The highest BCUT2D eigenvalue weighted by atomic mass is 16.6. The largest absolute Gasteiger partial charge is 0.369 e. The Morgan fingerprint density at radius 1 is 1.35 bits per heavy atom. The standard InChI is InChI=1S/C13H21NO3/c1-17-11(16)13-5-8-2-9(6-13)4-12(3-8,7-13)10(14)15/h8-9,11,16H,2-7H2,1H3,(H2,14,15). The van der Waals surface area contributed by atoms with Crippen LogP contribution in [-0.4, -0.2) is 24.4 Å². The van der Waals surface area contributed by atoms with Gasteiger partial charge >= 0.3 is 0 Å². The lowest BCUT2D eigenvalue weighted by molar-refractivity contribution is -0.232. The third-order valence-corrected chi connectivity index (χ3v) is 5.38. The number of carbonyl (C=O) groups is 1. The number of nitrogens with two attached hydrogens (primary N) is 1. The van der Waals surface area contributed by atoms with Crippen molar-refractivity contribution in [1.29, 1.82) is 0 Å². The zero-order valence-corrected chi connectivity index (χ0v) is 10.3. The van der Waals surface area contributed by atoms with E-state index in [1.165, 1.54) is 6.42 Å². The van der Waals surface area contributed by atoms with Gasteiger partial charge in [-0.2, -0.15) is 0 Å². The zero-order valence-electron chi connectivity index (χ0n) is 10.3. The van der Waals surface area contributed by atoms with Crippen molar-refractivity contribution in [1.82, 2.24) is 0 Å². The molecular weight excluding hydrogens is 218 g/mol. The average Bonchev–Trinajstić information content (AvgIpc) is 2.26. The minimum Gasteiger partial charge on any atom is -0.369 e. The molecule has 4 saturated carbocycles. The molecule has 4 rings (SSSR count). The number of aliphatic hydroxyl groups is 1. The minimum absolute atomic E-state index is 0.167. The summed E-state index contributed by atoms with van der Waals surface area (Å²) in [5.74, 6) is 0.932. The molecule has 4 bridgehead atoms. The van der Waals surface area contributed by atoms with Crippen LogP contribution in [0.1, 0.15) is 38.5 Å². The Morgan fingerprint density at radius 2 is 1.94 bits per heavy atom. The SMILES string of the molecule is COC(O)C12CC3CC(CC(C(N)=O)(C3)C1)C2. The van der Waals surface area contributed by atoms with Gasteiger partial charge < -0.3 is 15.6 Å². The van der Waals surface area contributed by atoms with Crippen LogP contribution in [0.15, 0.2) is 0 Å². The molecule has 0 aromatic carbocycles. The van der Waals surface area contributed by atoms with Gasteiger partial charge in [0.15, 0.2) is 6.29 Å². The number of methoxy groups -OCH3 is 1. The average molecular weight is 239 g/mol. The summed E-state index contributed by atoms with van der Waals surface area (Å²) in [6, 6.07) is 0. The van der Waals surface area contributed by atoms with Crippen LogP contribution in [-0.2, 0) is 9.53 Å². The Balaban J connectivity index is 1.97. The Hall–Kier alpha value is -0.610. The molecule has 4 aliphatic rings. The van der Waals surface area contributed by atoms with E-state index < -0.39 is 6.29 Å². The normalized spacial score (nSPS) is 49.3. The van der Waals surface area contributed by atoms with Crippen LogP contribution in [0.25, 0.3) is 0 Å². The molecule has 0 saturated heterocycles. The zero-order chi connectivity index (χ0) is 12.3. The first-order chi connectivity index (χ1) is 8.00. The molecule has 0 aromatic heterocycles. The molecule has 17 heavy (non-hydrogen) atoms. The number of carbonyl (C=O) groups excluding carboxylic acids is 1. The second kappa shape index (κ2) is 3.45. The van der Waals surface area contributed by atoms with E-state index in [0.717, 1.165) is 32.1 Å². The van der Waals surface area contributed by atoms with E-state index in [9.17, 15) is 9.90 Å². The van der Waals surface area contributed by atoms with Crippen molar-refractivity contribution in [3.05, 3.63) is 0 Å². The summed E-state index contributed by atoms with van der Waals surface area (Å²) in [7, 11) is 1.54. The third kappa shape index (κ3) is 1.47. The summed E-state index contributed by atoms with van der Waals surface area (Å²) < 4.78 is 5.16. The molecule has 0 spiro atoms. The quantitative estimate of drug-likeness (QED) is 0.722. The summed E-state index contributed by atoms with van der Waals surface area (Å²) in [6.07, 6.45) is 5.02. The summed E-state index contributed by atoms with van der Waals surface area (Å²) >= 11 is 0. The minimum atomic E-state index is -0.743. The van der Waals surface area contributed by atoms with Gasteiger partial charge in [0.2, 0.25) is 5.91 Å². The van der Waals surface area contributed by atoms with Crippen molar-refractivity contribution in [2.45, 2.75) is 44.8 Å². The first-order valence-corrected chi connectivity index (χ1v) is 6.50. The van der Waals surface area contributed by atoms with Crippen LogP contribution in [0, 0.1) is 22.7 Å². The Bertz CT molecular complexity index is 341. The monoisotopic (exact) mass is 239 g/mol. The molecule has 3 unspecified atom stereocenters. The molecule has 1 amide bonds. The van der Waals surface area contributed by atoms with Crippen molar-refractivity contribution in [3.8, 4) is 0 Å². The van der Waals surface area contributed by atoms with Crippen molar-refractivity contribution >= 4 is 5.91 Å². The lowest BCUT2D eigenvalue weighted by Crippen LogP contribution is -2.60. The highest BCUT2D eigenvalue weighted by Crippen LogP contribution is 2.66. The molecule has 4 nitrogen and oxygen atoms in total. The lowest BCUT2D eigenvalue weighted by atomic mass is 9.43. The lowest BCUT2D eigenvalue weighted by Gasteiger charge is -2.61. The van der Waals surface area contributed by atoms with Gasteiger partial charge in [0, 0.05) is 12.5 Å². The number of aliphatic hydroxyl groups excluding tert-OH is 1. The van der Waals surface area contributed by atoms with E-state index in [2.05, 4.69) is 0 Å². The summed E-state index contributed by atoms with van der Waals surface area (Å²) in [5.41, 5.74) is 5.06. The molecule has 0 heterocycles. The van der Waals surface area contributed by atoms with Crippen molar-refractivity contribution in [2.24, 2.45) is 28.4 Å². The predicted octanol–water partition coefficient (Wildman–Crippen LogP) is 1.02. The molecule has 0 aromatic rings. The first kappa shape index (κ1) is 11.5. The van der Waals surface area contributed by atoms with Crippen LogP contribution in [0.4, 0.5) is 0 Å². The molecule has 4 fully saturated rings. The van der Waals surface area contributed by atoms with Crippen molar-refractivity contribution < 1.29 is 14.6 Å². The molecule has 96 valence electrons. The summed E-state index contributed by atoms with van der Waals surface area (Å²) in [5, 5.41) is 10.1. The van der Waals surface area contributed by atoms with Gasteiger partial charge in [-0.3, -0.25) is 4.79 Å². The first-order valence-electron chi connectivity index (χ1n) is 6.50. The smallest absolute Gasteiger partial charge is 0.223 e. The Morgan fingerprint density at radius 3 is 2.41 bits per heavy atom. The second-order valence-electron chi connectivity index (χ2n) is 6.56. The number of primary amides is 1. The molecule has 3 atom stereocenters. The summed E-state index contributed by atoms with van der Waals surface area (Å²) in [6.45, 7) is 0. The Labute approximate surface area is 102 Å². The molecule has 3 N–H and O–H groups in total. The van der Waals surface area contributed by atoms with Crippen LogP contribution >= 0.6 is 0 Å². The van der Waals surface area contributed by atoms with Gasteiger partial charge in [0.25, 0.3) is 0 Å². The van der Waals surface area contributed by atoms with Crippen molar-refractivity contribution in [3.63, 3.8) is 0 Å². The number of amides is 1. The van der Waals surface area contributed by atoms with E-state index in [-0.39, 0.29) is 16.7 Å². The summed E-state index contributed by atoms with van der Waals surface area (Å²) in [4.78, 5) is 11.8. The van der Waals surface area contributed by atoms with E-state index >= 15 is 0 Å². The van der Waals surface area contributed by atoms with E-state index in [0.29, 0.717) is 11.8 Å². The van der Waals surface area contributed by atoms with Gasteiger partial charge in [-0.05, 0) is 50.4 Å². The second-order valence-corrected chi connectivity index (χ2v) is 6.56. The van der Waals surface area contributed by atoms with Gasteiger partial charge in [-0.25, -0.2) is 0 Å². The number of ether oxygens (including phenoxy) is 1. The fourth-order valence-electron chi connectivity index (χ4n) is 5.16. The van der Waals surface area contributed by atoms with Crippen LogP contribution in [0.2, 0.25) is 0 Å². The third-order valence-electron chi connectivity index (χ3n) is 5.38. The van der Waals surface area contributed by atoms with Crippen LogP contribution in [0.5, 0.6) is 0 Å². The maximum atomic E-state index is 11.8. The van der Waals surface area contributed by atoms with E-state index in [1.54, 1.807) is 7.11 Å². The fraction of sp³-hybridized carbons (Fsp3) is 0.923. The fourth-order valence-corrected chi connectivity index (χ4v) is 5.16. The molecular formula is C13H21NO3. The van der Waals surface area contributed by atoms with Crippen LogP contribution in [0.3, 0.4) is 0 Å². The molecule has 4 heteroatoms.